The van der Waals surface area contributed by atoms with Crippen molar-refractivity contribution in [2.45, 2.75) is 26.2 Å². The van der Waals surface area contributed by atoms with Crippen LogP contribution in [0.4, 0.5) is 5.69 Å². The van der Waals surface area contributed by atoms with Crippen LogP contribution in [0.3, 0.4) is 0 Å². The fourth-order valence-electron chi connectivity index (χ4n) is 1.61. The van der Waals surface area contributed by atoms with Crippen molar-refractivity contribution in [2.75, 3.05) is 19.0 Å². The van der Waals surface area contributed by atoms with Gasteiger partial charge in [0, 0.05) is 11.0 Å². The molecule has 5 heteroatoms. The predicted molar refractivity (Wildman–Crippen MR) is 78.5 cm³/mol. The Hall–Kier alpha value is -0.740. The first kappa shape index (κ1) is 15.3. The standard InChI is InChI=1S/C13H17BrClNO2/c1-3-4-5-6-16-12-10(13(17)18-2)7-9(14)8-11(12)15/h7-8,16H,3-6H2,1-2H3. The average Bonchev–Trinajstić information content (AvgIpc) is 2.35. The number of hydrogen-bond acceptors (Lipinski definition) is 3. The van der Waals surface area contributed by atoms with E-state index in [1.165, 1.54) is 7.11 Å². The summed E-state index contributed by atoms with van der Waals surface area (Å²) in [4.78, 5) is 11.7. The molecule has 18 heavy (non-hydrogen) atoms. The molecule has 0 radical (unpaired) electrons. The van der Waals surface area contributed by atoms with Crippen molar-refractivity contribution in [2.24, 2.45) is 0 Å². The van der Waals surface area contributed by atoms with Gasteiger partial charge in [-0.25, -0.2) is 4.79 Å². The monoisotopic (exact) mass is 333 g/mol. The zero-order valence-electron chi connectivity index (χ0n) is 10.6. The minimum absolute atomic E-state index is 0.392. The number of rotatable bonds is 6. The van der Waals surface area contributed by atoms with Crippen molar-refractivity contribution in [3.8, 4) is 0 Å². The molecule has 0 unspecified atom stereocenters. The highest BCUT2D eigenvalue weighted by atomic mass is 79.9. The smallest absolute Gasteiger partial charge is 0.340 e. The minimum atomic E-state index is -0.392. The molecule has 0 aliphatic rings. The van der Waals surface area contributed by atoms with Crippen LogP contribution < -0.4 is 5.32 Å². The van der Waals surface area contributed by atoms with Crippen LogP contribution in [0.1, 0.15) is 36.5 Å². The molecule has 0 spiro atoms. The van der Waals surface area contributed by atoms with E-state index in [1.807, 2.05) is 0 Å². The molecule has 1 N–H and O–H groups in total. The predicted octanol–water partition coefficient (Wildman–Crippen LogP) is 4.49. The summed E-state index contributed by atoms with van der Waals surface area (Å²) in [5.41, 5.74) is 1.09. The van der Waals surface area contributed by atoms with Crippen LogP contribution in [0.2, 0.25) is 5.02 Å². The molecule has 1 rings (SSSR count). The van der Waals surface area contributed by atoms with Crippen LogP contribution in [0, 0.1) is 0 Å². The third-order valence-corrected chi connectivity index (χ3v) is 3.30. The molecule has 0 atom stereocenters. The average molecular weight is 335 g/mol. The molecular formula is C13H17BrClNO2. The summed E-state index contributed by atoms with van der Waals surface area (Å²) >= 11 is 9.47. The Morgan fingerprint density at radius 1 is 1.44 bits per heavy atom. The summed E-state index contributed by atoms with van der Waals surface area (Å²) in [6.07, 6.45) is 3.35. The Labute approximate surface area is 121 Å². The van der Waals surface area contributed by atoms with E-state index >= 15 is 0 Å². The number of nitrogens with one attached hydrogen (secondary N) is 1. The quantitative estimate of drug-likeness (QED) is 0.615. The normalized spacial score (nSPS) is 10.2. The SMILES string of the molecule is CCCCCNc1c(Cl)cc(Br)cc1C(=O)OC. The molecule has 0 aliphatic carbocycles. The van der Waals surface area contributed by atoms with Crippen molar-refractivity contribution < 1.29 is 9.53 Å². The summed E-state index contributed by atoms with van der Waals surface area (Å²) in [6, 6.07) is 3.47. The van der Waals surface area contributed by atoms with Crippen LogP contribution in [0.25, 0.3) is 0 Å². The lowest BCUT2D eigenvalue weighted by Gasteiger charge is -2.13. The van der Waals surface area contributed by atoms with Gasteiger partial charge < -0.3 is 10.1 Å². The third-order valence-electron chi connectivity index (χ3n) is 2.54. The van der Waals surface area contributed by atoms with E-state index in [0.717, 1.165) is 30.3 Å². The molecule has 0 bridgehead atoms. The third kappa shape index (κ3) is 4.18. The van der Waals surface area contributed by atoms with Gasteiger partial charge in [-0.2, -0.15) is 0 Å². The van der Waals surface area contributed by atoms with E-state index in [4.69, 9.17) is 16.3 Å². The molecule has 1 aromatic rings. The summed E-state index contributed by atoms with van der Waals surface area (Å²) in [7, 11) is 1.36. The van der Waals surface area contributed by atoms with Crippen molar-refractivity contribution in [1.82, 2.24) is 0 Å². The summed E-state index contributed by atoms with van der Waals surface area (Å²) < 4.78 is 5.51. The van der Waals surface area contributed by atoms with Crippen LogP contribution in [-0.4, -0.2) is 19.6 Å². The number of carbonyl (C=O) groups excluding carboxylic acids is 1. The van der Waals surface area contributed by atoms with Crippen LogP contribution in [-0.2, 0) is 4.74 Å². The highest BCUT2D eigenvalue weighted by Gasteiger charge is 2.15. The number of methoxy groups -OCH3 is 1. The van der Waals surface area contributed by atoms with Crippen LogP contribution in [0.15, 0.2) is 16.6 Å². The molecular weight excluding hydrogens is 318 g/mol. The number of hydrogen-bond donors (Lipinski definition) is 1. The molecule has 0 heterocycles. The molecule has 0 saturated carbocycles. The summed E-state index contributed by atoms with van der Waals surface area (Å²) in [6.45, 7) is 2.94. The lowest BCUT2D eigenvalue weighted by Crippen LogP contribution is -2.10. The first-order valence-electron chi connectivity index (χ1n) is 5.91. The Morgan fingerprint density at radius 2 is 2.17 bits per heavy atom. The Balaban J connectivity index is 2.90. The summed E-state index contributed by atoms with van der Waals surface area (Å²) in [5, 5.41) is 3.72. The maximum absolute atomic E-state index is 11.7. The number of ether oxygens (including phenoxy) is 1. The van der Waals surface area contributed by atoms with Gasteiger partial charge in [-0.1, -0.05) is 47.3 Å². The highest BCUT2D eigenvalue weighted by Crippen LogP contribution is 2.31. The van der Waals surface area contributed by atoms with Crippen molar-refractivity contribution >= 4 is 39.2 Å². The number of esters is 1. The van der Waals surface area contributed by atoms with E-state index < -0.39 is 5.97 Å². The van der Waals surface area contributed by atoms with Gasteiger partial charge in [-0.05, 0) is 18.6 Å². The zero-order chi connectivity index (χ0) is 13.5. The Kier molecular flexibility index (Phi) is 6.50. The van der Waals surface area contributed by atoms with Gasteiger partial charge in [0.1, 0.15) is 0 Å². The Morgan fingerprint density at radius 3 is 2.78 bits per heavy atom. The van der Waals surface area contributed by atoms with Crippen molar-refractivity contribution in [3.05, 3.63) is 27.2 Å². The lowest BCUT2D eigenvalue weighted by atomic mass is 10.1. The first-order chi connectivity index (χ1) is 8.60. The number of carbonyl (C=O) groups is 1. The molecule has 0 aliphatic heterocycles. The minimum Gasteiger partial charge on any atom is -0.465 e. The van der Waals surface area contributed by atoms with E-state index in [2.05, 4.69) is 28.2 Å². The van der Waals surface area contributed by atoms with Gasteiger partial charge in [0.2, 0.25) is 0 Å². The van der Waals surface area contributed by atoms with E-state index in [0.29, 0.717) is 16.3 Å². The second kappa shape index (κ2) is 7.64. The first-order valence-corrected chi connectivity index (χ1v) is 7.08. The van der Waals surface area contributed by atoms with Gasteiger partial charge in [0.15, 0.2) is 0 Å². The largest absolute Gasteiger partial charge is 0.465 e. The van der Waals surface area contributed by atoms with E-state index in [9.17, 15) is 4.79 Å². The maximum atomic E-state index is 11.7. The van der Waals surface area contributed by atoms with E-state index in [-0.39, 0.29) is 0 Å². The lowest BCUT2D eigenvalue weighted by molar-refractivity contribution is 0.0601. The maximum Gasteiger partial charge on any atom is 0.340 e. The fraction of sp³-hybridized carbons (Fsp3) is 0.462. The molecule has 100 valence electrons. The van der Waals surface area contributed by atoms with Gasteiger partial charge in [0.25, 0.3) is 0 Å². The molecule has 3 nitrogen and oxygen atoms in total. The second-order valence-electron chi connectivity index (χ2n) is 3.94. The summed E-state index contributed by atoms with van der Waals surface area (Å²) in [5.74, 6) is -0.392. The second-order valence-corrected chi connectivity index (χ2v) is 5.26. The number of halogens is 2. The fourth-order valence-corrected chi connectivity index (χ4v) is 2.49. The van der Waals surface area contributed by atoms with Crippen molar-refractivity contribution in [3.63, 3.8) is 0 Å². The van der Waals surface area contributed by atoms with Gasteiger partial charge in [0.05, 0.1) is 23.4 Å². The Bertz CT molecular complexity index is 424. The van der Waals surface area contributed by atoms with Crippen molar-refractivity contribution in [1.29, 1.82) is 0 Å². The molecule has 0 fully saturated rings. The van der Waals surface area contributed by atoms with E-state index in [1.54, 1.807) is 12.1 Å². The zero-order valence-corrected chi connectivity index (χ0v) is 12.9. The van der Waals surface area contributed by atoms with Gasteiger partial charge >= 0.3 is 5.97 Å². The topological polar surface area (TPSA) is 38.3 Å². The molecule has 0 saturated heterocycles. The highest BCUT2D eigenvalue weighted by molar-refractivity contribution is 9.10. The molecule has 0 amide bonds. The van der Waals surface area contributed by atoms with Crippen LogP contribution >= 0.6 is 27.5 Å². The number of anilines is 1. The number of unbranched alkanes of at least 4 members (excludes halogenated alkanes) is 2. The van der Waals surface area contributed by atoms with Gasteiger partial charge in [-0.3, -0.25) is 0 Å². The van der Waals surface area contributed by atoms with Gasteiger partial charge in [-0.15, -0.1) is 0 Å². The van der Waals surface area contributed by atoms with Crippen LogP contribution in [0.5, 0.6) is 0 Å². The number of benzene rings is 1. The molecule has 0 aromatic heterocycles. The molecule has 1 aromatic carbocycles.